The standard InChI is InChI=1S/C11H8Br2F3N3S/c12-6-1-5(2-7(13)3-6)9(19-17)8-4-18-10(20-8)11(14,15)16/h1-4,9,19H,17H2. The first-order valence-electron chi connectivity index (χ1n) is 5.26. The number of hydrazine groups is 1. The topological polar surface area (TPSA) is 50.9 Å². The van der Waals surface area contributed by atoms with Crippen LogP contribution in [0, 0.1) is 0 Å². The number of rotatable bonds is 3. The van der Waals surface area contributed by atoms with Crippen molar-refractivity contribution < 1.29 is 13.2 Å². The Morgan fingerprint density at radius 3 is 2.25 bits per heavy atom. The van der Waals surface area contributed by atoms with Gasteiger partial charge in [-0.3, -0.25) is 5.84 Å². The highest BCUT2D eigenvalue weighted by Gasteiger charge is 2.35. The summed E-state index contributed by atoms with van der Waals surface area (Å²) in [7, 11) is 0. The molecule has 1 atom stereocenters. The monoisotopic (exact) mass is 429 g/mol. The number of hydrogen-bond acceptors (Lipinski definition) is 4. The van der Waals surface area contributed by atoms with E-state index in [-0.39, 0.29) is 0 Å². The fourth-order valence-electron chi connectivity index (χ4n) is 1.64. The molecule has 0 saturated carbocycles. The third-order valence-electron chi connectivity index (χ3n) is 2.44. The summed E-state index contributed by atoms with van der Waals surface area (Å²) >= 11 is 7.23. The summed E-state index contributed by atoms with van der Waals surface area (Å²) in [5.74, 6) is 5.47. The summed E-state index contributed by atoms with van der Waals surface area (Å²) in [6, 6.07) is 4.83. The number of alkyl halides is 3. The third kappa shape index (κ3) is 3.59. The molecule has 0 aliphatic carbocycles. The van der Waals surface area contributed by atoms with Crippen molar-refractivity contribution in [3.8, 4) is 0 Å². The van der Waals surface area contributed by atoms with E-state index in [9.17, 15) is 13.2 Å². The number of halogens is 5. The molecule has 0 radical (unpaired) electrons. The minimum Gasteiger partial charge on any atom is -0.271 e. The van der Waals surface area contributed by atoms with Gasteiger partial charge in [0.25, 0.3) is 0 Å². The predicted octanol–water partition coefficient (Wildman–Crippen LogP) is 4.24. The van der Waals surface area contributed by atoms with E-state index in [0.717, 1.165) is 14.5 Å². The van der Waals surface area contributed by atoms with Gasteiger partial charge in [-0.1, -0.05) is 31.9 Å². The van der Waals surface area contributed by atoms with Crippen molar-refractivity contribution in [3.63, 3.8) is 0 Å². The molecule has 1 heterocycles. The lowest BCUT2D eigenvalue weighted by Crippen LogP contribution is -2.28. The Labute approximate surface area is 133 Å². The van der Waals surface area contributed by atoms with Crippen molar-refractivity contribution in [2.75, 3.05) is 0 Å². The molecular weight excluding hydrogens is 423 g/mol. The van der Waals surface area contributed by atoms with Crippen molar-refractivity contribution >= 4 is 43.2 Å². The number of aromatic nitrogens is 1. The van der Waals surface area contributed by atoms with E-state index >= 15 is 0 Å². The second kappa shape index (κ2) is 6.10. The minimum absolute atomic E-state index is 0.393. The van der Waals surface area contributed by atoms with Crippen LogP contribution >= 0.6 is 43.2 Å². The Bertz CT molecular complexity index is 595. The zero-order valence-corrected chi connectivity index (χ0v) is 13.7. The predicted molar refractivity (Wildman–Crippen MR) is 78.1 cm³/mol. The SMILES string of the molecule is NNC(c1cc(Br)cc(Br)c1)c1cnc(C(F)(F)F)s1. The fourth-order valence-corrected chi connectivity index (χ4v) is 3.84. The third-order valence-corrected chi connectivity index (χ3v) is 4.46. The second-order valence-electron chi connectivity index (χ2n) is 3.87. The molecule has 20 heavy (non-hydrogen) atoms. The van der Waals surface area contributed by atoms with Gasteiger partial charge in [0.2, 0.25) is 0 Å². The van der Waals surface area contributed by atoms with Gasteiger partial charge in [0, 0.05) is 20.0 Å². The maximum Gasteiger partial charge on any atom is 0.443 e. The number of hydrogen-bond donors (Lipinski definition) is 2. The minimum atomic E-state index is -4.44. The maximum atomic E-state index is 12.6. The molecule has 0 saturated heterocycles. The number of benzene rings is 1. The molecule has 0 spiro atoms. The van der Waals surface area contributed by atoms with Crippen LogP contribution in [-0.2, 0) is 6.18 Å². The first kappa shape index (κ1) is 15.9. The van der Waals surface area contributed by atoms with Crippen LogP contribution in [0.4, 0.5) is 13.2 Å². The summed E-state index contributed by atoms with van der Waals surface area (Å²) in [5.41, 5.74) is 3.24. The Kier molecular flexibility index (Phi) is 4.85. The average molecular weight is 431 g/mol. The van der Waals surface area contributed by atoms with Crippen LogP contribution < -0.4 is 11.3 Å². The molecule has 0 fully saturated rings. The highest BCUT2D eigenvalue weighted by molar-refractivity contribution is 9.11. The Hall–Kier alpha value is -0.480. The van der Waals surface area contributed by atoms with Gasteiger partial charge in [-0.2, -0.15) is 13.2 Å². The first-order valence-corrected chi connectivity index (χ1v) is 7.66. The van der Waals surface area contributed by atoms with Crippen LogP contribution in [0.1, 0.15) is 21.5 Å². The summed E-state index contributed by atoms with van der Waals surface area (Å²) in [5, 5.41) is -0.887. The number of nitrogens with one attached hydrogen (secondary N) is 1. The van der Waals surface area contributed by atoms with Gasteiger partial charge in [0.1, 0.15) is 0 Å². The molecule has 3 N–H and O–H groups in total. The van der Waals surface area contributed by atoms with Gasteiger partial charge >= 0.3 is 6.18 Å². The molecule has 2 rings (SSSR count). The van der Waals surface area contributed by atoms with Gasteiger partial charge in [-0.15, -0.1) is 11.3 Å². The Morgan fingerprint density at radius 2 is 1.80 bits per heavy atom. The van der Waals surface area contributed by atoms with Crippen LogP contribution in [0.15, 0.2) is 33.3 Å². The van der Waals surface area contributed by atoms with Gasteiger partial charge in [0.15, 0.2) is 5.01 Å². The molecular formula is C11H8Br2F3N3S. The molecule has 1 aromatic carbocycles. The molecule has 0 amide bonds. The lowest BCUT2D eigenvalue weighted by atomic mass is 10.1. The van der Waals surface area contributed by atoms with E-state index in [2.05, 4.69) is 42.3 Å². The normalized spacial score (nSPS) is 13.5. The quantitative estimate of drug-likeness (QED) is 0.565. The molecule has 1 unspecified atom stereocenters. The zero-order chi connectivity index (χ0) is 14.9. The number of thiazole rings is 1. The number of nitrogens with zero attached hydrogens (tertiary/aromatic N) is 1. The van der Waals surface area contributed by atoms with Crippen molar-refractivity contribution in [2.24, 2.45) is 5.84 Å². The summed E-state index contributed by atoms with van der Waals surface area (Å²) in [6.45, 7) is 0. The largest absolute Gasteiger partial charge is 0.443 e. The summed E-state index contributed by atoms with van der Waals surface area (Å²) in [4.78, 5) is 3.79. The Morgan fingerprint density at radius 1 is 1.20 bits per heavy atom. The molecule has 9 heteroatoms. The van der Waals surface area contributed by atoms with E-state index in [1.807, 2.05) is 6.07 Å². The smallest absolute Gasteiger partial charge is 0.271 e. The van der Waals surface area contributed by atoms with E-state index < -0.39 is 17.2 Å². The lowest BCUT2D eigenvalue weighted by Gasteiger charge is -2.15. The highest BCUT2D eigenvalue weighted by atomic mass is 79.9. The second-order valence-corrected chi connectivity index (χ2v) is 6.76. The van der Waals surface area contributed by atoms with E-state index in [1.54, 1.807) is 12.1 Å². The van der Waals surface area contributed by atoms with Crippen LogP contribution in [-0.4, -0.2) is 4.98 Å². The van der Waals surface area contributed by atoms with Gasteiger partial charge in [0.05, 0.1) is 6.04 Å². The van der Waals surface area contributed by atoms with Gasteiger partial charge < -0.3 is 0 Å². The lowest BCUT2D eigenvalue weighted by molar-refractivity contribution is -0.137. The summed E-state index contributed by atoms with van der Waals surface area (Å²) in [6.07, 6.45) is -3.26. The van der Waals surface area contributed by atoms with Gasteiger partial charge in [-0.05, 0) is 23.8 Å². The highest BCUT2D eigenvalue weighted by Crippen LogP contribution is 2.36. The number of nitrogens with two attached hydrogens (primary N) is 1. The zero-order valence-electron chi connectivity index (χ0n) is 9.71. The molecule has 108 valence electrons. The van der Waals surface area contributed by atoms with Crippen molar-refractivity contribution in [1.82, 2.24) is 10.4 Å². The van der Waals surface area contributed by atoms with E-state index in [4.69, 9.17) is 5.84 Å². The molecule has 0 aliphatic rings. The first-order chi connectivity index (χ1) is 9.31. The van der Waals surface area contributed by atoms with Crippen molar-refractivity contribution in [2.45, 2.75) is 12.2 Å². The van der Waals surface area contributed by atoms with Crippen LogP contribution in [0.5, 0.6) is 0 Å². The van der Waals surface area contributed by atoms with Crippen LogP contribution in [0.2, 0.25) is 0 Å². The maximum absolute atomic E-state index is 12.6. The average Bonchev–Trinajstić information content (AvgIpc) is 2.77. The Balaban J connectivity index is 2.39. The van der Waals surface area contributed by atoms with Gasteiger partial charge in [-0.25, -0.2) is 10.4 Å². The van der Waals surface area contributed by atoms with E-state index in [0.29, 0.717) is 16.2 Å². The molecule has 0 bridgehead atoms. The van der Waals surface area contributed by atoms with E-state index in [1.165, 1.54) is 6.20 Å². The molecule has 0 aliphatic heterocycles. The summed E-state index contributed by atoms with van der Waals surface area (Å²) < 4.78 is 39.3. The van der Waals surface area contributed by atoms with Crippen LogP contribution in [0.3, 0.4) is 0 Å². The molecule has 3 nitrogen and oxygen atoms in total. The molecule has 2 aromatic rings. The molecule has 1 aromatic heterocycles. The van der Waals surface area contributed by atoms with Crippen molar-refractivity contribution in [1.29, 1.82) is 0 Å². The fraction of sp³-hybridized carbons (Fsp3) is 0.182. The van der Waals surface area contributed by atoms with Crippen LogP contribution in [0.25, 0.3) is 0 Å². The van der Waals surface area contributed by atoms with Crippen molar-refractivity contribution in [3.05, 3.63) is 48.8 Å².